The van der Waals surface area contributed by atoms with Crippen molar-refractivity contribution in [1.82, 2.24) is 24.1 Å². The van der Waals surface area contributed by atoms with Gasteiger partial charge in [0.25, 0.3) is 5.56 Å². The molecule has 0 spiro atoms. The van der Waals surface area contributed by atoms with Crippen LogP contribution in [0.2, 0.25) is 5.15 Å². The lowest BCUT2D eigenvalue weighted by Crippen LogP contribution is -2.20. The molecule has 6 aromatic rings. The summed E-state index contributed by atoms with van der Waals surface area (Å²) in [6, 6.07) is 15.6. The number of nitrogens with two attached hydrogens (primary N) is 1. The molecule has 0 aliphatic rings. The number of thiazole rings is 1. The van der Waals surface area contributed by atoms with E-state index in [9.17, 15) is 9.18 Å². The minimum atomic E-state index is -0.517. The number of anilines is 1. The summed E-state index contributed by atoms with van der Waals surface area (Å²) in [5.74, 6) is -0.155. The van der Waals surface area contributed by atoms with Gasteiger partial charge in [-0.15, -0.1) is 11.3 Å². The van der Waals surface area contributed by atoms with E-state index in [1.807, 2.05) is 57.2 Å². The maximum absolute atomic E-state index is 15.0. The van der Waals surface area contributed by atoms with Crippen LogP contribution < -0.4 is 16.0 Å². The molecule has 40 heavy (non-hydrogen) atoms. The zero-order valence-corrected chi connectivity index (χ0v) is 23.4. The van der Waals surface area contributed by atoms with Crippen LogP contribution in [0.25, 0.3) is 38.2 Å². The van der Waals surface area contributed by atoms with Crippen LogP contribution in [0.3, 0.4) is 0 Å². The number of pyridine rings is 1. The smallest absolute Gasteiger partial charge is 0.265 e. The van der Waals surface area contributed by atoms with Gasteiger partial charge in [0.15, 0.2) is 17.2 Å². The van der Waals surface area contributed by atoms with Crippen molar-refractivity contribution >= 4 is 44.6 Å². The molecule has 2 aromatic carbocycles. The standard InChI is InChI=1S/C29H24ClFN6O2S/c1-15(2)39-21-10-9-18(11-20(21)31)26-25-27(32)33-14-34-28(25)37(35-26)16(3)19-12-23-36(22(30)13-40-23)29(38)24(19)17-7-5-4-6-8-17/h4-16H,1-3H3,(H2,32,33,34)/t16-/m1/s1. The van der Waals surface area contributed by atoms with Gasteiger partial charge in [0, 0.05) is 10.9 Å². The predicted molar refractivity (Wildman–Crippen MR) is 157 cm³/mol. The summed E-state index contributed by atoms with van der Waals surface area (Å²) in [4.78, 5) is 23.2. The number of rotatable bonds is 6. The van der Waals surface area contributed by atoms with Crippen LogP contribution in [0.5, 0.6) is 5.75 Å². The molecular formula is C29H24ClFN6O2S. The van der Waals surface area contributed by atoms with Crippen LogP contribution in [0.4, 0.5) is 10.2 Å². The van der Waals surface area contributed by atoms with Gasteiger partial charge in [0.05, 0.1) is 23.1 Å². The SMILES string of the molecule is CC(C)Oc1ccc(-c2nn([C@H](C)c3cc4scc(Cl)n4c(=O)c3-c3ccccc3)c3ncnc(N)c23)cc1F. The molecule has 0 amide bonds. The van der Waals surface area contributed by atoms with E-state index in [1.54, 1.807) is 22.2 Å². The first kappa shape index (κ1) is 26.0. The Bertz CT molecular complexity index is 1950. The maximum Gasteiger partial charge on any atom is 0.265 e. The van der Waals surface area contributed by atoms with Crippen molar-refractivity contribution in [3.05, 3.63) is 93.2 Å². The molecule has 4 heterocycles. The number of aromatic nitrogens is 5. The van der Waals surface area contributed by atoms with Gasteiger partial charge in [-0.2, -0.15) is 5.10 Å². The molecule has 1 atom stereocenters. The van der Waals surface area contributed by atoms with E-state index in [0.717, 1.165) is 11.1 Å². The predicted octanol–water partition coefficient (Wildman–Crippen LogP) is 6.61. The van der Waals surface area contributed by atoms with Crippen molar-refractivity contribution in [3.8, 4) is 28.1 Å². The van der Waals surface area contributed by atoms with Gasteiger partial charge in [-0.1, -0.05) is 41.9 Å². The molecule has 6 rings (SSSR count). The highest BCUT2D eigenvalue weighted by Gasteiger charge is 2.26. The van der Waals surface area contributed by atoms with Gasteiger partial charge in [-0.05, 0) is 56.2 Å². The zero-order chi connectivity index (χ0) is 28.1. The molecule has 0 aliphatic carbocycles. The topological polar surface area (TPSA) is 100 Å². The van der Waals surface area contributed by atoms with E-state index in [-0.39, 0.29) is 23.2 Å². The maximum atomic E-state index is 15.0. The fourth-order valence-corrected chi connectivity index (χ4v) is 6.03. The van der Waals surface area contributed by atoms with Gasteiger partial charge in [0.1, 0.15) is 27.8 Å². The number of ether oxygens (including phenoxy) is 1. The van der Waals surface area contributed by atoms with E-state index in [2.05, 4.69) is 9.97 Å². The summed E-state index contributed by atoms with van der Waals surface area (Å²) < 4.78 is 23.8. The number of hydrogen-bond acceptors (Lipinski definition) is 7. The fourth-order valence-electron chi connectivity index (χ4n) is 4.88. The third kappa shape index (κ3) is 4.29. The summed E-state index contributed by atoms with van der Waals surface area (Å²) in [6.45, 7) is 5.60. The monoisotopic (exact) mass is 574 g/mol. The van der Waals surface area contributed by atoms with E-state index in [4.69, 9.17) is 27.2 Å². The molecule has 0 saturated carbocycles. The molecule has 0 saturated heterocycles. The summed E-state index contributed by atoms with van der Waals surface area (Å²) in [5.41, 5.74) is 9.44. The molecule has 0 fully saturated rings. The van der Waals surface area contributed by atoms with Crippen molar-refractivity contribution in [1.29, 1.82) is 0 Å². The molecule has 0 bridgehead atoms. The summed E-state index contributed by atoms with van der Waals surface area (Å²) in [5, 5.41) is 7.45. The quantitative estimate of drug-likeness (QED) is 0.240. The summed E-state index contributed by atoms with van der Waals surface area (Å²) in [6.07, 6.45) is 1.19. The summed E-state index contributed by atoms with van der Waals surface area (Å²) >= 11 is 7.77. The van der Waals surface area contributed by atoms with E-state index < -0.39 is 11.9 Å². The number of benzene rings is 2. The third-order valence-electron chi connectivity index (χ3n) is 6.66. The van der Waals surface area contributed by atoms with Crippen LogP contribution in [-0.2, 0) is 0 Å². The highest BCUT2D eigenvalue weighted by molar-refractivity contribution is 7.16. The Labute approximate surface area is 237 Å². The Morgan fingerprint density at radius 3 is 2.55 bits per heavy atom. The first-order valence-electron chi connectivity index (χ1n) is 12.6. The van der Waals surface area contributed by atoms with E-state index in [0.29, 0.717) is 37.8 Å². The molecule has 11 heteroatoms. The third-order valence-corrected chi connectivity index (χ3v) is 7.95. The Hall–Kier alpha value is -4.28. The Morgan fingerprint density at radius 2 is 1.82 bits per heavy atom. The second-order valence-electron chi connectivity index (χ2n) is 9.62. The Morgan fingerprint density at radius 1 is 1.05 bits per heavy atom. The molecule has 0 aliphatic heterocycles. The van der Waals surface area contributed by atoms with Crippen LogP contribution in [0, 0.1) is 5.82 Å². The van der Waals surface area contributed by atoms with Crippen molar-refractivity contribution < 1.29 is 9.13 Å². The van der Waals surface area contributed by atoms with Crippen LogP contribution in [0.15, 0.2) is 71.1 Å². The minimum absolute atomic E-state index is 0.149. The average Bonchev–Trinajstić information content (AvgIpc) is 3.51. The molecular weight excluding hydrogens is 551 g/mol. The highest BCUT2D eigenvalue weighted by atomic mass is 35.5. The Kier molecular flexibility index (Phi) is 6.52. The second kappa shape index (κ2) is 10.0. The highest BCUT2D eigenvalue weighted by Crippen LogP contribution is 2.37. The summed E-state index contributed by atoms with van der Waals surface area (Å²) in [7, 11) is 0. The normalized spacial score (nSPS) is 12.4. The lowest BCUT2D eigenvalue weighted by atomic mass is 9.97. The van der Waals surface area contributed by atoms with Gasteiger partial charge >= 0.3 is 0 Å². The van der Waals surface area contributed by atoms with Crippen LogP contribution in [-0.4, -0.2) is 30.3 Å². The molecule has 0 radical (unpaired) electrons. The molecule has 8 nitrogen and oxygen atoms in total. The number of hydrogen-bond donors (Lipinski definition) is 1. The molecule has 4 aromatic heterocycles. The second-order valence-corrected chi connectivity index (χ2v) is 10.9. The largest absolute Gasteiger partial charge is 0.488 e. The van der Waals surface area contributed by atoms with E-state index in [1.165, 1.54) is 28.1 Å². The zero-order valence-electron chi connectivity index (χ0n) is 21.8. The van der Waals surface area contributed by atoms with Crippen LogP contribution in [0.1, 0.15) is 32.4 Å². The number of fused-ring (bicyclic) bond motifs is 2. The first-order valence-corrected chi connectivity index (χ1v) is 13.8. The van der Waals surface area contributed by atoms with Crippen LogP contribution >= 0.6 is 22.9 Å². The number of nitrogens with zero attached hydrogens (tertiary/aromatic N) is 5. The number of nitrogen functional groups attached to an aromatic ring is 1. The molecule has 0 unspecified atom stereocenters. The van der Waals surface area contributed by atoms with E-state index >= 15 is 0 Å². The molecule has 202 valence electrons. The Balaban J connectivity index is 1.58. The van der Waals surface area contributed by atoms with Gasteiger partial charge in [-0.3, -0.25) is 9.20 Å². The van der Waals surface area contributed by atoms with Crippen molar-refractivity contribution in [2.75, 3.05) is 5.73 Å². The van der Waals surface area contributed by atoms with Gasteiger partial charge in [-0.25, -0.2) is 19.0 Å². The average molecular weight is 575 g/mol. The lowest BCUT2D eigenvalue weighted by molar-refractivity contribution is 0.231. The fraction of sp³-hybridized carbons (Fsp3) is 0.172. The van der Waals surface area contributed by atoms with Crippen molar-refractivity contribution in [2.45, 2.75) is 32.9 Å². The van der Waals surface area contributed by atoms with Crippen molar-refractivity contribution in [3.63, 3.8) is 0 Å². The minimum Gasteiger partial charge on any atom is -0.488 e. The number of halogens is 2. The van der Waals surface area contributed by atoms with Gasteiger partial charge in [0.2, 0.25) is 0 Å². The van der Waals surface area contributed by atoms with Gasteiger partial charge < -0.3 is 10.5 Å². The lowest BCUT2D eigenvalue weighted by Gasteiger charge is -2.18. The first-order chi connectivity index (χ1) is 19.2. The molecule has 2 N–H and O–H groups in total. The van der Waals surface area contributed by atoms with Crippen molar-refractivity contribution in [2.24, 2.45) is 0 Å².